The minimum Gasteiger partial charge on any atom is -0.351 e. The van der Waals surface area contributed by atoms with Crippen LogP contribution in [0.1, 0.15) is 29.8 Å². The van der Waals surface area contributed by atoms with E-state index in [0.29, 0.717) is 12.0 Å². The van der Waals surface area contributed by atoms with E-state index in [1.54, 1.807) is 13.0 Å². The van der Waals surface area contributed by atoms with Crippen LogP contribution in [0.4, 0.5) is 17.6 Å². The van der Waals surface area contributed by atoms with Crippen LogP contribution in [0.25, 0.3) is 0 Å². The van der Waals surface area contributed by atoms with Crippen LogP contribution in [0.2, 0.25) is 0 Å². The van der Waals surface area contributed by atoms with Gasteiger partial charge in [0, 0.05) is 6.54 Å². The number of rotatable bonds is 4. The molecule has 6 heteroatoms. The van der Waals surface area contributed by atoms with E-state index < -0.39 is 30.4 Å². The molecule has 0 saturated carbocycles. The first-order valence-corrected chi connectivity index (χ1v) is 5.89. The lowest BCUT2D eigenvalue weighted by atomic mass is 10.0. The van der Waals surface area contributed by atoms with Crippen molar-refractivity contribution in [1.29, 1.82) is 0 Å². The van der Waals surface area contributed by atoms with E-state index in [2.05, 4.69) is 5.32 Å². The Morgan fingerprint density at radius 3 is 2.53 bits per heavy atom. The fourth-order valence-corrected chi connectivity index (χ4v) is 1.57. The summed E-state index contributed by atoms with van der Waals surface area (Å²) in [7, 11) is 0. The SMILES string of the molecule is CCc1cccc(F)c1C(=O)NCC(C)C(F)(F)F. The van der Waals surface area contributed by atoms with Gasteiger partial charge in [0.15, 0.2) is 0 Å². The second kappa shape index (κ2) is 6.04. The molecule has 106 valence electrons. The summed E-state index contributed by atoms with van der Waals surface area (Å²) in [4.78, 5) is 11.8. The van der Waals surface area contributed by atoms with Crippen molar-refractivity contribution in [2.24, 2.45) is 5.92 Å². The van der Waals surface area contributed by atoms with Crippen LogP contribution < -0.4 is 5.32 Å². The number of alkyl halides is 3. The molecular weight excluding hydrogens is 262 g/mol. The average molecular weight is 277 g/mol. The standard InChI is InChI=1S/C13H15F4NO/c1-3-9-5-4-6-10(14)11(9)12(19)18-7-8(2)13(15,16)17/h4-6,8H,3,7H2,1-2H3,(H,18,19). The van der Waals surface area contributed by atoms with Gasteiger partial charge in [0.2, 0.25) is 0 Å². The van der Waals surface area contributed by atoms with Crippen molar-refractivity contribution in [3.05, 3.63) is 35.1 Å². The highest BCUT2D eigenvalue weighted by Crippen LogP contribution is 2.25. The normalized spacial score (nSPS) is 13.2. The van der Waals surface area contributed by atoms with E-state index >= 15 is 0 Å². The molecule has 0 radical (unpaired) electrons. The topological polar surface area (TPSA) is 29.1 Å². The van der Waals surface area contributed by atoms with Gasteiger partial charge in [-0.1, -0.05) is 26.0 Å². The summed E-state index contributed by atoms with van der Waals surface area (Å²) in [6, 6.07) is 4.15. The molecule has 1 aromatic rings. The molecule has 1 rings (SSSR count). The van der Waals surface area contributed by atoms with Crippen LogP contribution in [0.3, 0.4) is 0 Å². The van der Waals surface area contributed by atoms with Gasteiger partial charge in [0.1, 0.15) is 5.82 Å². The Balaban J connectivity index is 2.80. The lowest BCUT2D eigenvalue weighted by Gasteiger charge is -2.16. The Bertz CT molecular complexity index is 456. The fourth-order valence-electron chi connectivity index (χ4n) is 1.57. The van der Waals surface area contributed by atoms with Gasteiger partial charge in [-0.3, -0.25) is 4.79 Å². The Kier molecular flexibility index (Phi) is 4.91. The predicted molar refractivity (Wildman–Crippen MR) is 63.3 cm³/mol. The van der Waals surface area contributed by atoms with Gasteiger partial charge in [-0.25, -0.2) is 4.39 Å². The summed E-state index contributed by atoms with van der Waals surface area (Å²) < 4.78 is 50.5. The third-order valence-corrected chi connectivity index (χ3v) is 2.84. The van der Waals surface area contributed by atoms with Crippen LogP contribution in [0, 0.1) is 11.7 Å². The van der Waals surface area contributed by atoms with E-state index in [9.17, 15) is 22.4 Å². The minimum atomic E-state index is -4.38. The molecule has 0 aliphatic carbocycles. The van der Waals surface area contributed by atoms with Gasteiger partial charge in [0.25, 0.3) is 5.91 Å². The summed E-state index contributed by atoms with van der Waals surface area (Å²) in [5.41, 5.74) is 0.288. The molecule has 1 atom stereocenters. The van der Waals surface area contributed by atoms with Gasteiger partial charge in [-0.15, -0.1) is 0 Å². The van der Waals surface area contributed by atoms with Crippen LogP contribution in [-0.2, 0) is 6.42 Å². The van der Waals surface area contributed by atoms with Gasteiger partial charge < -0.3 is 5.32 Å². The van der Waals surface area contributed by atoms with E-state index in [4.69, 9.17) is 0 Å². The molecule has 0 saturated heterocycles. The zero-order valence-corrected chi connectivity index (χ0v) is 10.6. The number of halogens is 4. The van der Waals surface area contributed by atoms with Crippen molar-refractivity contribution in [2.45, 2.75) is 26.4 Å². The lowest BCUT2D eigenvalue weighted by Crippen LogP contribution is -2.35. The third-order valence-electron chi connectivity index (χ3n) is 2.84. The fraction of sp³-hybridized carbons (Fsp3) is 0.462. The maximum absolute atomic E-state index is 13.6. The first kappa shape index (κ1) is 15.5. The molecule has 1 N–H and O–H groups in total. The molecule has 0 aromatic heterocycles. The highest BCUT2D eigenvalue weighted by Gasteiger charge is 2.36. The number of nitrogens with one attached hydrogen (secondary N) is 1. The van der Waals surface area contributed by atoms with Crippen molar-refractivity contribution in [2.75, 3.05) is 6.54 Å². The molecule has 0 aliphatic heterocycles. The van der Waals surface area contributed by atoms with Crippen molar-refractivity contribution in [3.63, 3.8) is 0 Å². The number of amides is 1. The van der Waals surface area contributed by atoms with Crippen molar-refractivity contribution in [3.8, 4) is 0 Å². The lowest BCUT2D eigenvalue weighted by molar-refractivity contribution is -0.167. The highest BCUT2D eigenvalue weighted by molar-refractivity contribution is 5.95. The molecule has 2 nitrogen and oxygen atoms in total. The summed E-state index contributed by atoms with van der Waals surface area (Å²) in [5.74, 6) is -3.21. The van der Waals surface area contributed by atoms with Crippen LogP contribution in [0.5, 0.6) is 0 Å². The quantitative estimate of drug-likeness (QED) is 0.840. The largest absolute Gasteiger partial charge is 0.393 e. The average Bonchev–Trinajstić information content (AvgIpc) is 2.33. The predicted octanol–water partition coefficient (Wildman–Crippen LogP) is 3.32. The van der Waals surface area contributed by atoms with Gasteiger partial charge in [-0.05, 0) is 18.1 Å². The molecule has 0 fully saturated rings. The number of hydrogen-bond donors (Lipinski definition) is 1. The highest BCUT2D eigenvalue weighted by atomic mass is 19.4. The number of aryl methyl sites for hydroxylation is 1. The summed E-state index contributed by atoms with van der Waals surface area (Å²) in [6.45, 7) is 2.13. The van der Waals surface area contributed by atoms with E-state index in [0.717, 1.165) is 13.0 Å². The van der Waals surface area contributed by atoms with E-state index in [1.807, 2.05) is 0 Å². The Labute approximate surface area is 108 Å². The zero-order chi connectivity index (χ0) is 14.6. The van der Waals surface area contributed by atoms with Crippen LogP contribution >= 0.6 is 0 Å². The third kappa shape index (κ3) is 3.94. The first-order valence-electron chi connectivity index (χ1n) is 5.89. The summed E-state index contributed by atoms with van der Waals surface area (Å²) >= 11 is 0. The Morgan fingerprint density at radius 1 is 1.37 bits per heavy atom. The molecule has 1 aromatic carbocycles. The molecule has 19 heavy (non-hydrogen) atoms. The van der Waals surface area contributed by atoms with Crippen molar-refractivity contribution >= 4 is 5.91 Å². The van der Waals surface area contributed by atoms with Crippen molar-refractivity contribution in [1.82, 2.24) is 5.32 Å². The first-order chi connectivity index (χ1) is 8.77. The summed E-state index contributed by atoms with van der Waals surface area (Å²) in [5, 5.41) is 2.12. The molecule has 1 amide bonds. The van der Waals surface area contributed by atoms with Gasteiger partial charge >= 0.3 is 6.18 Å². The Morgan fingerprint density at radius 2 is 2.00 bits per heavy atom. The second-order valence-corrected chi connectivity index (χ2v) is 4.28. The molecule has 0 heterocycles. The smallest absolute Gasteiger partial charge is 0.351 e. The second-order valence-electron chi connectivity index (χ2n) is 4.28. The van der Waals surface area contributed by atoms with Gasteiger partial charge in [-0.2, -0.15) is 13.2 Å². The number of carbonyl (C=O) groups is 1. The molecule has 1 unspecified atom stereocenters. The van der Waals surface area contributed by atoms with Crippen molar-refractivity contribution < 1.29 is 22.4 Å². The molecular formula is C13H15F4NO. The maximum Gasteiger partial charge on any atom is 0.393 e. The number of hydrogen-bond acceptors (Lipinski definition) is 1. The minimum absolute atomic E-state index is 0.181. The molecule has 0 spiro atoms. The van der Waals surface area contributed by atoms with E-state index in [-0.39, 0.29) is 5.56 Å². The van der Waals surface area contributed by atoms with E-state index in [1.165, 1.54) is 6.07 Å². The molecule has 0 bridgehead atoms. The summed E-state index contributed by atoms with van der Waals surface area (Å²) in [6.07, 6.45) is -3.95. The van der Waals surface area contributed by atoms with Crippen LogP contribution in [-0.4, -0.2) is 18.6 Å². The zero-order valence-electron chi connectivity index (χ0n) is 10.6. The Hall–Kier alpha value is -1.59. The molecule has 0 aliphatic rings. The number of carbonyl (C=O) groups excluding carboxylic acids is 1. The van der Waals surface area contributed by atoms with Crippen LogP contribution in [0.15, 0.2) is 18.2 Å². The van der Waals surface area contributed by atoms with Gasteiger partial charge in [0.05, 0.1) is 11.5 Å². The number of benzene rings is 1. The monoisotopic (exact) mass is 277 g/mol. The maximum atomic E-state index is 13.6.